The molecule has 4 heteroatoms. The van der Waals surface area contributed by atoms with Crippen molar-refractivity contribution in [2.75, 3.05) is 0 Å². The number of nitrogens with one attached hydrogen (secondary N) is 1. The fourth-order valence-corrected chi connectivity index (χ4v) is 4.29. The lowest BCUT2D eigenvalue weighted by Crippen LogP contribution is -2.34. The molecule has 0 amide bonds. The number of aromatic nitrogens is 1. The van der Waals surface area contributed by atoms with E-state index in [4.69, 9.17) is 5.11 Å². The van der Waals surface area contributed by atoms with Gasteiger partial charge < -0.3 is 10.1 Å². The number of pyridine rings is 1. The van der Waals surface area contributed by atoms with Gasteiger partial charge in [-0.1, -0.05) is 39.8 Å². The highest BCUT2D eigenvalue weighted by atomic mass is 16.4. The number of aromatic carboxylic acids is 1. The summed E-state index contributed by atoms with van der Waals surface area (Å²) >= 11 is 0. The van der Waals surface area contributed by atoms with Gasteiger partial charge in [-0.2, -0.15) is 0 Å². The van der Waals surface area contributed by atoms with Crippen LogP contribution in [0.25, 0.3) is 22.0 Å². The highest BCUT2D eigenvalue weighted by Crippen LogP contribution is 2.46. The minimum Gasteiger partial charge on any atom is -0.478 e. The van der Waals surface area contributed by atoms with Crippen LogP contribution in [0.4, 0.5) is 0 Å². The summed E-state index contributed by atoms with van der Waals surface area (Å²) in [4.78, 5) is 27.6. The predicted molar refractivity (Wildman–Crippen MR) is 112 cm³/mol. The fourth-order valence-electron chi connectivity index (χ4n) is 4.29. The molecule has 3 aromatic rings. The number of carboxylic acid groups (broad SMARTS) is 1. The molecule has 28 heavy (non-hydrogen) atoms. The summed E-state index contributed by atoms with van der Waals surface area (Å²) in [6.07, 6.45) is 3.94. The van der Waals surface area contributed by atoms with E-state index in [1.807, 2.05) is 0 Å². The number of carboxylic acids is 1. The number of H-pyrrole nitrogens is 1. The number of benzene rings is 2. The summed E-state index contributed by atoms with van der Waals surface area (Å²) in [5.41, 5.74) is 4.97. The Morgan fingerprint density at radius 1 is 0.964 bits per heavy atom. The topological polar surface area (TPSA) is 70.2 Å². The lowest BCUT2D eigenvalue weighted by Gasteiger charge is -2.42. The molecule has 4 nitrogen and oxygen atoms in total. The van der Waals surface area contributed by atoms with Gasteiger partial charge in [0.15, 0.2) is 5.43 Å². The van der Waals surface area contributed by atoms with Crippen LogP contribution in [0.5, 0.6) is 0 Å². The first-order valence-electron chi connectivity index (χ1n) is 9.64. The Morgan fingerprint density at radius 2 is 1.54 bits per heavy atom. The molecular formula is C24H25NO3. The average Bonchev–Trinajstić information content (AvgIpc) is 2.65. The Kier molecular flexibility index (Phi) is 4.00. The van der Waals surface area contributed by atoms with Crippen LogP contribution in [0.3, 0.4) is 0 Å². The summed E-state index contributed by atoms with van der Waals surface area (Å²) in [7, 11) is 0. The fraction of sp³-hybridized carbons (Fsp3) is 0.333. The molecule has 1 aromatic heterocycles. The van der Waals surface area contributed by atoms with Crippen molar-refractivity contribution >= 4 is 16.9 Å². The predicted octanol–water partition coefficient (Wildman–Crippen LogP) is 5.24. The van der Waals surface area contributed by atoms with Gasteiger partial charge in [0.1, 0.15) is 0 Å². The van der Waals surface area contributed by atoms with Crippen LogP contribution >= 0.6 is 0 Å². The summed E-state index contributed by atoms with van der Waals surface area (Å²) in [5.74, 6) is -0.976. The van der Waals surface area contributed by atoms with Crippen molar-refractivity contribution in [1.29, 1.82) is 0 Å². The van der Waals surface area contributed by atoms with Crippen LogP contribution in [0.15, 0.2) is 47.4 Å². The standard InChI is InChI=1S/C24H25NO3/c1-23(2)9-10-24(3,4)19-12-20-16(11-18(19)23)21(26)17(13-25-20)14-5-7-15(8-6-14)22(27)28/h5-8,11-13H,9-10H2,1-4H3,(H,25,26)(H,27,28). The molecular weight excluding hydrogens is 350 g/mol. The molecule has 4 rings (SSSR count). The second-order valence-corrected chi connectivity index (χ2v) is 9.13. The number of rotatable bonds is 2. The van der Waals surface area contributed by atoms with E-state index in [0.29, 0.717) is 16.5 Å². The molecule has 0 aliphatic heterocycles. The molecule has 0 saturated heterocycles. The highest BCUT2D eigenvalue weighted by molar-refractivity contribution is 5.89. The molecule has 1 aliphatic rings. The van der Waals surface area contributed by atoms with Crippen LogP contribution in [0, 0.1) is 0 Å². The summed E-state index contributed by atoms with van der Waals surface area (Å²) in [6.45, 7) is 9.03. The first kappa shape index (κ1) is 18.5. The molecule has 0 atom stereocenters. The largest absolute Gasteiger partial charge is 0.478 e. The zero-order chi connectivity index (χ0) is 20.3. The Hall–Kier alpha value is -2.88. The van der Waals surface area contributed by atoms with E-state index in [1.165, 1.54) is 23.3 Å². The van der Waals surface area contributed by atoms with E-state index in [-0.39, 0.29) is 21.8 Å². The Bertz CT molecular complexity index is 1150. The Morgan fingerprint density at radius 3 is 2.11 bits per heavy atom. The molecule has 0 radical (unpaired) electrons. The van der Waals surface area contributed by atoms with Gasteiger partial charge in [0.05, 0.1) is 5.56 Å². The van der Waals surface area contributed by atoms with Crippen LogP contribution in [0.1, 0.15) is 62.0 Å². The molecule has 2 N–H and O–H groups in total. The summed E-state index contributed by atoms with van der Waals surface area (Å²) in [5, 5.41) is 9.76. The van der Waals surface area contributed by atoms with Crippen LogP contribution in [0.2, 0.25) is 0 Å². The number of carbonyl (C=O) groups is 1. The van der Waals surface area contributed by atoms with Crippen LogP contribution in [-0.4, -0.2) is 16.1 Å². The monoisotopic (exact) mass is 375 g/mol. The SMILES string of the molecule is CC1(C)CCC(C)(C)c2cc3c(=O)c(-c4ccc(C(=O)O)cc4)c[nH]c3cc21. The smallest absolute Gasteiger partial charge is 0.335 e. The minimum atomic E-state index is -0.976. The molecule has 2 aromatic carbocycles. The van der Waals surface area contributed by atoms with Gasteiger partial charge in [-0.15, -0.1) is 0 Å². The molecule has 1 heterocycles. The third-order valence-corrected chi connectivity index (χ3v) is 6.30. The van der Waals surface area contributed by atoms with Gasteiger partial charge in [0.25, 0.3) is 0 Å². The van der Waals surface area contributed by atoms with Crippen molar-refractivity contribution in [3.8, 4) is 11.1 Å². The molecule has 1 aliphatic carbocycles. The number of hydrogen-bond donors (Lipinski definition) is 2. The number of aromatic amines is 1. The van der Waals surface area contributed by atoms with Crippen LogP contribution < -0.4 is 5.43 Å². The first-order chi connectivity index (χ1) is 13.1. The van der Waals surface area contributed by atoms with Crippen molar-refractivity contribution in [1.82, 2.24) is 4.98 Å². The summed E-state index contributed by atoms with van der Waals surface area (Å²) < 4.78 is 0. The first-order valence-corrected chi connectivity index (χ1v) is 9.64. The van der Waals surface area contributed by atoms with Gasteiger partial charge >= 0.3 is 5.97 Å². The minimum absolute atomic E-state index is 0.0289. The Labute approximate surface area is 164 Å². The van der Waals surface area contributed by atoms with E-state index in [0.717, 1.165) is 18.4 Å². The zero-order valence-corrected chi connectivity index (χ0v) is 16.7. The normalized spacial score (nSPS) is 17.3. The van der Waals surface area contributed by atoms with E-state index < -0.39 is 5.97 Å². The van der Waals surface area contributed by atoms with Crippen LogP contribution in [-0.2, 0) is 10.8 Å². The number of fused-ring (bicyclic) bond motifs is 2. The van der Waals surface area contributed by atoms with Gasteiger partial charge in [0.2, 0.25) is 0 Å². The molecule has 0 saturated carbocycles. The zero-order valence-electron chi connectivity index (χ0n) is 16.7. The lowest BCUT2D eigenvalue weighted by atomic mass is 9.63. The third-order valence-electron chi connectivity index (χ3n) is 6.30. The highest BCUT2D eigenvalue weighted by Gasteiger charge is 2.37. The maximum absolute atomic E-state index is 13.3. The molecule has 0 fully saturated rings. The van der Waals surface area contributed by atoms with Crippen molar-refractivity contribution in [2.45, 2.75) is 51.4 Å². The van der Waals surface area contributed by atoms with Gasteiger partial charge in [-0.25, -0.2) is 4.79 Å². The Balaban J connectivity index is 1.93. The molecule has 144 valence electrons. The van der Waals surface area contributed by atoms with Crippen molar-refractivity contribution in [2.24, 2.45) is 0 Å². The molecule has 0 bridgehead atoms. The van der Waals surface area contributed by atoms with Crippen molar-refractivity contribution < 1.29 is 9.90 Å². The molecule has 0 spiro atoms. The maximum Gasteiger partial charge on any atom is 0.335 e. The lowest BCUT2D eigenvalue weighted by molar-refractivity contribution is 0.0697. The maximum atomic E-state index is 13.3. The van der Waals surface area contributed by atoms with E-state index in [9.17, 15) is 9.59 Å². The van der Waals surface area contributed by atoms with Gasteiger partial charge in [0, 0.05) is 22.7 Å². The van der Waals surface area contributed by atoms with E-state index in [2.05, 4.69) is 44.8 Å². The molecule has 0 unspecified atom stereocenters. The second-order valence-electron chi connectivity index (χ2n) is 9.13. The number of hydrogen-bond acceptors (Lipinski definition) is 2. The van der Waals surface area contributed by atoms with Gasteiger partial charge in [-0.3, -0.25) is 4.79 Å². The third kappa shape index (κ3) is 2.84. The van der Waals surface area contributed by atoms with Crippen molar-refractivity contribution in [3.05, 3.63) is 69.5 Å². The van der Waals surface area contributed by atoms with E-state index >= 15 is 0 Å². The second kappa shape index (κ2) is 6.06. The van der Waals surface area contributed by atoms with Crippen molar-refractivity contribution in [3.63, 3.8) is 0 Å². The average molecular weight is 375 g/mol. The quantitative estimate of drug-likeness (QED) is 0.643. The van der Waals surface area contributed by atoms with Gasteiger partial charge in [-0.05, 0) is 64.6 Å². The van der Waals surface area contributed by atoms with E-state index in [1.54, 1.807) is 18.3 Å². The summed E-state index contributed by atoms with van der Waals surface area (Å²) in [6, 6.07) is 10.6.